The standard InChI is InChI=1S/C15H18N4O2/c1-10(16)13(20)12-14(17)19(9-8-18(2)15(12)21)11-6-4-3-5-7-11/h3-10H,16-17H2,1-2H3/t10-/m0/s1. The Hall–Kier alpha value is -2.60. The summed E-state index contributed by atoms with van der Waals surface area (Å²) in [5.74, 6) is -0.868. The first-order valence-electron chi connectivity index (χ1n) is 6.52. The highest BCUT2D eigenvalue weighted by molar-refractivity contribution is 6.22. The molecule has 110 valence electrons. The molecule has 21 heavy (non-hydrogen) atoms. The van der Waals surface area contributed by atoms with Crippen LogP contribution in [0.25, 0.3) is 0 Å². The number of rotatable bonds is 3. The van der Waals surface area contributed by atoms with Crippen molar-refractivity contribution in [3.63, 3.8) is 0 Å². The van der Waals surface area contributed by atoms with Crippen LogP contribution < -0.4 is 16.4 Å². The highest BCUT2D eigenvalue weighted by Crippen LogP contribution is 2.23. The van der Waals surface area contributed by atoms with E-state index >= 15 is 0 Å². The van der Waals surface area contributed by atoms with Crippen LogP contribution in [0.5, 0.6) is 0 Å². The molecule has 1 aromatic rings. The third-order valence-corrected chi connectivity index (χ3v) is 3.18. The van der Waals surface area contributed by atoms with E-state index in [9.17, 15) is 9.59 Å². The number of amides is 1. The van der Waals surface area contributed by atoms with Crippen molar-refractivity contribution in [3.05, 3.63) is 54.1 Å². The number of Topliss-reactive ketones (excluding diaryl/α,β-unsaturated/α-hetero) is 1. The van der Waals surface area contributed by atoms with Gasteiger partial charge in [0.15, 0.2) is 5.78 Å². The summed E-state index contributed by atoms with van der Waals surface area (Å²) in [6.45, 7) is 1.53. The van der Waals surface area contributed by atoms with Gasteiger partial charge in [0.2, 0.25) is 0 Å². The molecular weight excluding hydrogens is 268 g/mol. The van der Waals surface area contributed by atoms with E-state index in [1.807, 2.05) is 30.3 Å². The Balaban J connectivity index is 2.58. The smallest absolute Gasteiger partial charge is 0.264 e. The monoisotopic (exact) mass is 286 g/mol. The predicted molar refractivity (Wildman–Crippen MR) is 80.7 cm³/mol. The van der Waals surface area contributed by atoms with Crippen LogP contribution >= 0.6 is 0 Å². The molecule has 4 N–H and O–H groups in total. The van der Waals surface area contributed by atoms with Gasteiger partial charge in [-0.2, -0.15) is 0 Å². The fourth-order valence-electron chi connectivity index (χ4n) is 1.99. The van der Waals surface area contributed by atoms with Crippen molar-refractivity contribution in [3.8, 4) is 0 Å². The molecule has 0 aliphatic carbocycles. The molecule has 6 nitrogen and oxygen atoms in total. The molecule has 0 aromatic heterocycles. The predicted octanol–water partition coefficient (Wildman–Crippen LogP) is 0.523. The summed E-state index contributed by atoms with van der Waals surface area (Å²) < 4.78 is 0. The number of benzene rings is 1. The molecule has 1 aliphatic heterocycles. The van der Waals surface area contributed by atoms with E-state index in [0.717, 1.165) is 5.69 Å². The van der Waals surface area contributed by atoms with Gasteiger partial charge in [-0.15, -0.1) is 0 Å². The van der Waals surface area contributed by atoms with Gasteiger partial charge in [0.05, 0.1) is 6.04 Å². The summed E-state index contributed by atoms with van der Waals surface area (Å²) in [4.78, 5) is 27.4. The second kappa shape index (κ2) is 5.80. The molecule has 0 saturated heterocycles. The lowest BCUT2D eigenvalue weighted by molar-refractivity contribution is -0.127. The fourth-order valence-corrected chi connectivity index (χ4v) is 1.99. The van der Waals surface area contributed by atoms with Crippen LogP contribution in [0.15, 0.2) is 54.1 Å². The minimum absolute atomic E-state index is 0.0779. The van der Waals surface area contributed by atoms with Gasteiger partial charge in [0.1, 0.15) is 11.4 Å². The number of anilines is 1. The van der Waals surface area contributed by atoms with Crippen LogP contribution in [0, 0.1) is 0 Å². The lowest BCUT2D eigenvalue weighted by Gasteiger charge is -2.21. The lowest BCUT2D eigenvalue weighted by atomic mass is 10.0. The minimum atomic E-state index is -0.799. The van der Waals surface area contributed by atoms with Crippen molar-refractivity contribution in [1.29, 1.82) is 0 Å². The molecule has 2 rings (SSSR count). The Morgan fingerprint density at radius 3 is 2.38 bits per heavy atom. The molecule has 1 amide bonds. The van der Waals surface area contributed by atoms with Gasteiger partial charge in [-0.3, -0.25) is 9.59 Å². The molecular formula is C15H18N4O2. The highest BCUT2D eigenvalue weighted by atomic mass is 16.2. The van der Waals surface area contributed by atoms with Crippen molar-refractivity contribution in [2.24, 2.45) is 11.5 Å². The molecule has 0 radical (unpaired) electrons. The number of ketones is 1. The van der Waals surface area contributed by atoms with Crippen molar-refractivity contribution < 1.29 is 9.59 Å². The Bertz CT molecular complexity index is 620. The highest BCUT2D eigenvalue weighted by Gasteiger charge is 2.30. The Labute approximate surface area is 123 Å². The topological polar surface area (TPSA) is 92.7 Å². The number of para-hydroxylation sites is 1. The van der Waals surface area contributed by atoms with Gasteiger partial charge in [0.25, 0.3) is 5.91 Å². The van der Waals surface area contributed by atoms with E-state index in [4.69, 9.17) is 11.5 Å². The summed E-state index contributed by atoms with van der Waals surface area (Å²) in [6.07, 6.45) is 3.20. The van der Waals surface area contributed by atoms with E-state index in [2.05, 4.69) is 0 Å². The van der Waals surface area contributed by atoms with E-state index < -0.39 is 17.7 Å². The maximum atomic E-state index is 12.3. The van der Waals surface area contributed by atoms with Crippen LogP contribution in [0.3, 0.4) is 0 Å². The first-order valence-corrected chi connectivity index (χ1v) is 6.52. The maximum Gasteiger partial charge on any atom is 0.264 e. The molecule has 6 heteroatoms. The molecule has 1 atom stereocenters. The van der Waals surface area contributed by atoms with Crippen molar-refractivity contribution >= 4 is 17.4 Å². The SMILES string of the molecule is C[C@H](N)C(=O)C1=C(N)N(c2ccccc2)C=CN(C)C1=O. The second-order valence-electron chi connectivity index (χ2n) is 4.83. The van der Waals surface area contributed by atoms with Gasteiger partial charge >= 0.3 is 0 Å². The van der Waals surface area contributed by atoms with Gasteiger partial charge in [-0.25, -0.2) is 0 Å². The van der Waals surface area contributed by atoms with Gasteiger partial charge < -0.3 is 21.3 Å². The third-order valence-electron chi connectivity index (χ3n) is 3.18. The molecule has 0 unspecified atom stereocenters. The average Bonchev–Trinajstić information content (AvgIpc) is 2.57. The average molecular weight is 286 g/mol. The van der Waals surface area contributed by atoms with Gasteiger partial charge in [-0.05, 0) is 19.1 Å². The van der Waals surface area contributed by atoms with Crippen LogP contribution in [0.4, 0.5) is 5.69 Å². The zero-order valence-corrected chi connectivity index (χ0v) is 12.0. The third kappa shape index (κ3) is 2.80. The maximum absolute atomic E-state index is 12.3. The van der Waals surface area contributed by atoms with E-state index in [-0.39, 0.29) is 11.4 Å². The van der Waals surface area contributed by atoms with Crippen LogP contribution in [0.2, 0.25) is 0 Å². The van der Waals surface area contributed by atoms with Crippen molar-refractivity contribution in [2.75, 3.05) is 11.9 Å². The normalized spacial score (nSPS) is 17.0. The van der Waals surface area contributed by atoms with Crippen LogP contribution in [-0.4, -0.2) is 29.7 Å². The molecule has 0 saturated carbocycles. The summed E-state index contributed by atoms with van der Waals surface area (Å²) in [7, 11) is 1.56. The van der Waals surface area contributed by atoms with Gasteiger partial charge in [-0.1, -0.05) is 18.2 Å². The Morgan fingerprint density at radius 2 is 1.81 bits per heavy atom. The zero-order chi connectivity index (χ0) is 15.6. The van der Waals surface area contributed by atoms with Crippen molar-refractivity contribution in [2.45, 2.75) is 13.0 Å². The largest absolute Gasteiger partial charge is 0.384 e. The molecule has 1 heterocycles. The second-order valence-corrected chi connectivity index (χ2v) is 4.83. The van der Waals surface area contributed by atoms with E-state index in [1.165, 1.54) is 11.8 Å². The molecule has 1 aromatic carbocycles. The molecule has 0 bridgehead atoms. The molecule has 1 aliphatic rings. The number of carbonyl (C=O) groups is 2. The number of hydrogen-bond acceptors (Lipinski definition) is 5. The summed E-state index contributed by atoms with van der Waals surface area (Å²) in [5.41, 5.74) is 12.4. The number of nitrogens with two attached hydrogens (primary N) is 2. The summed E-state index contributed by atoms with van der Waals surface area (Å²) >= 11 is 0. The van der Waals surface area contributed by atoms with Crippen molar-refractivity contribution in [1.82, 2.24) is 4.90 Å². The molecule has 0 fully saturated rings. The summed E-state index contributed by atoms with van der Waals surface area (Å²) in [6, 6.07) is 8.43. The Kier molecular flexibility index (Phi) is 4.09. The fraction of sp³-hybridized carbons (Fsp3) is 0.200. The minimum Gasteiger partial charge on any atom is -0.384 e. The Morgan fingerprint density at radius 1 is 1.19 bits per heavy atom. The first-order chi connectivity index (χ1) is 9.93. The van der Waals surface area contributed by atoms with E-state index in [1.54, 1.807) is 24.3 Å². The van der Waals surface area contributed by atoms with Crippen LogP contribution in [0.1, 0.15) is 6.92 Å². The number of likely N-dealkylation sites (N-methyl/N-ethyl adjacent to an activating group) is 1. The number of nitrogens with zero attached hydrogens (tertiary/aromatic N) is 2. The quantitative estimate of drug-likeness (QED) is 0.790. The first kappa shape index (κ1) is 14.8. The van der Waals surface area contributed by atoms with Gasteiger partial charge in [0, 0.05) is 25.1 Å². The lowest BCUT2D eigenvalue weighted by Crippen LogP contribution is -2.38. The number of carbonyl (C=O) groups excluding carboxylic acids is 2. The summed E-state index contributed by atoms with van der Waals surface area (Å²) in [5, 5.41) is 0. The van der Waals surface area contributed by atoms with Crippen LogP contribution in [-0.2, 0) is 9.59 Å². The molecule has 0 spiro atoms. The zero-order valence-electron chi connectivity index (χ0n) is 12.0. The van der Waals surface area contributed by atoms with E-state index in [0.29, 0.717) is 0 Å². The number of hydrogen-bond donors (Lipinski definition) is 2.